The molecule has 0 aromatic heterocycles. The first-order valence-corrected chi connectivity index (χ1v) is 4.33. The lowest BCUT2D eigenvalue weighted by atomic mass is 10.1. The molecule has 0 heterocycles. The van der Waals surface area contributed by atoms with Crippen molar-refractivity contribution in [1.82, 2.24) is 0 Å². The Morgan fingerprint density at radius 2 is 2.29 bits per heavy atom. The van der Waals surface area contributed by atoms with Crippen molar-refractivity contribution in [1.29, 1.82) is 0 Å². The molecule has 0 unspecified atom stereocenters. The molecular weight excluding hydrogens is 176 g/mol. The summed E-state index contributed by atoms with van der Waals surface area (Å²) in [4.78, 5) is 10.2. The molecule has 0 saturated heterocycles. The minimum absolute atomic E-state index is 0.633. The van der Waals surface area contributed by atoms with Crippen LogP contribution in [0.1, 0.15) is 11.1 Å². The van der Waals surface area contributed by atoms with E-state index in [2.05, 4.69) is 6.58 Å². The number of carbonyl (C=O) groups is 1. The average Bonchev–Trinajstić information content (AvgIpc) is 2.18. The first-order chi connectivity index (χ1) is 6.72. The number of carboxylic acid groups (broad SMARTS) is 1. The quantitative estimate of drug-likeness (QED) is 0.737. The Morgan fingerprint density at radius 1 is 1.50 bits per heavy atom. The molecule has 0 aliphatic carbocycles. The summed E-state index contributed by atoms with van der Waals surface area (Å²) in [6.07, 6.45) is 5.18. The number of aliphatic carboxylic acids is 1. The predicted octanol–water partition coefficient (Wildman–Crippen LogP) is 2.51. The maximum Gasteiger partial charge on any atom is 0.327 e. The van der Waals surface area contributed by atoms with Gasteiger partial charge in [-0.25, -0.2) is 4.79 Å². The van der Waals surface area contributed by atoms with E-state index in [1.807, 2.05) is 24.3 Å². The highest BCUT2D eigenvalue weighted by Gasteiger charge is 1.91. The third-order valence-electron chi connectivity index (χ3n) is 1.80. The zero-order valence-corrected chi connectivity index (χ0v) is 7.81. The molecule has 14 heavy (non-hydrogen) atoms. The van der Waals surface area contributed by atoms with Crippen molar-refractivity contribution in [3.63, 3.8) is 0 Å². The maximum absolute atomic E-state index is 10.2. The van der Waals surface area contributed by atoms with E-state index in [4.69, 9.17) is 5.11 Å². The van der Waals surface area contributed by atoms with Crippen molar-refractivity contribution in [2.45, 2.75) is 6.42 Å². The highest BCUT2D eigenvalue weighted by molar-refractivity contribution is 5.79. The second-order valence-electron chi connectivity index (χ2n) is 2.89. The summed E-state index contributed by atoms with van der Waals surface area (Å²) in [5.74, 6) is -0.912. The molecular formula is C12H12O2. The molecule has 2 heteroatoms. The van der Waals surface area contributed by atoms with Crippen LogP contribution in [-0.4, -0.2) is 11.1 Å². The van der Waals surface area contributed by atoms with Gasteiger partial charge in [0.15, 0.2) is 0 Å². The van der Waals surface area contributed by atoms with Crippen LogP contribution < -0.4 is 0 Å². The van der Waals surface area contributed by atoms with Gasteiger partial charge in [0, 0.05) is 6.08 Å². The molecule has 1 aromatic carbocycles. The number of hydrogen-bond acceptors (Lipinski definition) is 1. The zero-order valence-electron chi connectivity index (χ0n) is 7.81. The fraction of sp³-hybridized carbons (Fsp3) is 0.0833. The summed E-state index contributed by atoms with van der Waals surface area (Å²) in [5, 5.41) is 8.39. The van der Waals surface area contributed by atoms with Crippen LogP contribution >= 0.6 is 0 Å². The second kappa shape index (κ2) is 5.02. The van der Waals surface area contributed by atoms with Crippen molar-refractivity contribution in [3.8, 4) is 0 Å². The largest absolute Gasteiger partial charge is 0.478 e. The first-order valence-electron chi connectivity index (χ1n) is 4.33. The van der Waals surface area contributed by atoms with Gasteiger partial charge in [-0.2, -0.15) is 0 Å². The Labute approximate surface area is 83.2 Å². The summed E-state index contributed by atoms with van der Waals surface area (Å²) in [6, 6.07) is 7.83. The lowest BCUT2D eigenvalue weighted by Gasteiger charge is -1.97. The van der Waals surface area contributed by atoms with Crippen LogP contribution in [-0.2, 0) is 11.2 Å². The molecule has 2 nitrogen and oxygen atoms in total. The van der Waals surface area contributed by atoms with Gasteiger partial charge in [0.25, 0.3) is 0 Å². The topological polar surface area (TPSA) is 37.3 Å². The molecule has 0 amide bonds. The van der Waals surface area contributed by atoms with E-state index in [0.717, 1.165) is 17.2 Å². The summed E-state index contributed by atoms with van der Waals surface area (Å²) in [6.45, 7) is 3.67. The van der Waals surface area contributed by atoms with Crippen LogP contribution in [0.25, 0.3) is 6.08 Å². The van der Waals surface area contributed by atoms with Gasteiger partial charge in [0.05, 0.1) is 0 Å². The predicted molar refractivity (Wildman–Crippen MR) is 57.0 cm³/mol. The molecule has 0 aliphatic rings. The summed E-state index contributed by atoms with van der Waals surface area (Å²) >= 11 is 0. The zero-order chi connectivity index (χ0) is 10.4. The van der Waals surface area contributed by atoms with Crippen molar-refractivity contribution in [3.05, 3.63) is 54.1 Å². The van der Waals surface area contributed by atoms with Gasteiger partial charge in [0.1, 0.15) is 0 Å². The standard InChI is InChI=1S/C12H12O2/c1-2-10-5-3-6-11(9-10)7-4-8-12(13)14/h2-6,8-9H,1,7H2,(H,13,14). The fourth-order valence-electron chi connectivity index (χ4n) is 1.14. The van der Waals surface area contributed by atoms with E-state index < -0.39 is 5.97 Å². The van der Waals surface area contributed by atoms with E-state index in [1.165, 1.54) is 0 Å². The van der Waals surface area contributed by atoms with E-state index >= 15 is 0 Å². The first kappa shape index (κ1) is 10.3. The van der Waals surface area contributed by atoms with Crippen LogP contribution in [0.5, 0.6) is 0 Å². The smallest absolute Gasteiger partial charge is 0.327 e. The van der Waals surface area contributed by atoms with Crippen LogP contribution in [0.3, 0.4) is 0 Å². The van der Waals surface area contributed by atoms with E-state index in [-0.39, 0.29) is 0 Å². The number of carboxylic acids is 1. The Morgan fingerprint density at radius 3 is 2.93 bits per heavy atom. The Kier molecular flexibility index (Phi) is 3.68. The summed E-state index contributed by atoms with van der Waals surface area (Å²) < 4.78 is 0. The molecule has 0 atom stereocenters. The highest BCUT2D eigenvalue weighted by Crippen LogP contribution is 2.07. The third-order valence-corrected chi connectivity index (χ3v) is 1.80. The monoisotopic (exact) mass is 188 g/mol. The Balaban J connectivity index is 2.67. The fourth-order valence-corrected chi connectivity index (χ4v) is 1.14. The minimum atomic E-state index is -0.912. The third kappa shape index (κ3) is 3.27. The van der Waals surface area contributed by atoms with Crippen LogP contribution in [0.15, 0.2) is 43.0 Å². The molecule has 0 fully saturated rings. The van der Waals surface area contributed by atoms with Crippen molar-refractivity contribution >= 4 is 12.0 Å². The van der Waals surface area contributed by atoms with Crippen molar-refractivity contribution in [2.24, 2.45) is 0 Å². The molecule has 1 rings (SSSR count). The maximum atomic E-state index is 10.2. The van der Waals surface area contributed by atoms with E-state index in [9.17, 15) is 4.79 Å². The van der Waals surface area contributed by atoms with Gasteiger partial charge < -0.3 is 5.11 Å². The van der Waals surface area contributed by atoms with E-state index in [1.54, 1.807) is 12.2 Å². The molecule has 72 valence electrons. The number of benzene rings is 1. The molecule has 1 N–H and O–H groups in total. The van der Waals surface area contributed by atoms with Crippen LogP contribution in [0.2, 0.25) is 0 Å². The number of hydrogen-bond donors (Lipinski definition) is 1. The van der Waals surface area contributed by atoms with E-state index in [0.29, 0.717) is 6.42 Å². The molecule has 0 saturated carbocycles. The Hall–Kier alpha value is -1.83. The summed E-state index contributed by atoms with van der Waals surface area (Å²) in [5.41, 5.74) is 2.13. The second-order valence-corrected chi connectivity index (χ2v) is 2.89. The molecule has 0 spiro atoms. The minimum Gasteiger partial charge on any atom is -0.478 e. The van der Waals surface area contributed by atoms with Crippen molar-refractivity contribution in [2.75, 3.05) is 0 Å². The lowest BCUT2D eigenvalue weighted by molar-refractivity contribution is -0.131. The number of rotatable bonds is 4. The lowest BCUT2D eigenvalue weighted by Crippen LogP contribution is -1.88. The van der Waals surface area contributed by atoms with Crippen LogP contribution in [0, 0.1) is 0 Å². The average molecular weight is 188 g/mol. The van der Waals surface area contributed by atoms with Gasteiger partial charge >= 0.3 is 5.97 Å². The van der Waals surface area contributed by atoms with Gasteiger partial charge in [-0.15, -0.1) is 0 Å². The molecule has 0 radical (unpaired) electrons. The van der Waals surface area contributed by atoms with Crippen molar-refractivity contribution < 1.29 is 9.90 Å². The van der Waals surface area contributed by atoms with Gasteiger partial charge in [0.2, 0.25) is 0 Å². The number of allylic oxidation sites excluding steroid dienone is 1. The molecule has 0 aliphatic heterocycles. The van der Waals surface area contributed by atoms with Gasteiger partial charge in [-0.1, -0.05) is 43.0 Å². The van der Waals surface area contributed by atoms with Gasteiger partial charge in [-0.05, 0) is 17.5 Å². The Bertz CT molecular complexity index is 364. The normalized spacial score (nSPS) is 10.3. The summed E-state index contributed by atoms with van der Waals surface area (Å²) in [7, 11) is 0. The molecule has 0 bridgehead atoms. The SMILES string of the molecule is C=Cc1cccc(CC=CC(=O)O)c1. The van der Waals surface area contributed by atoms with Crippen LogP contribution in [0.4, 0.5) is 0 Å². The molecule has 1 aromatic rings. The highest BCUT2D eigenvalue weighted by atomic mass is 16.4. The van der Waals surface area contributed by atoms with Gasteiger partial charge in [-0.3, -0.25) is 0 Å².